The Morgan fingerprint density at radius 1 is 1.18 bits per heavy atom. The number of nitro benzene ring substituents is 1. The summed E-state index contributed by atoms with van der Waals surface area (Å²) in [4.78, 5) is 23.0. The van der Waals surface area contributed by atoms with Crippen molar-refractivity contribution in [2.24, 2.45) is 0 Å². The van der Waals surface area contributed by atoms with Gasteiger partial charge in [0.2, 0.25) is 0 Å². The zero-order valence-electron chi connectivity index (χ0n) is 11.7. The maximum Gasteiger partial charge on any atom is 0.321 e. The Balaban J connectivity index is 2.04. The highest BCUT2D eigenvalue weighted by Gasteiger charge is 2.15. The largest absolute Gasteiger partial charge is 0.493 e. The van der Waals surface area contributed by atoms with Gasteiger partial charge in [-0.1, -0.05) is 18.2 Å². The first kappa shape index (κ1) is 15.8. The van der Waals surface area contributed by atoms with Crippen LogP contribution in [0.3, 0.4) is 0 Å². The summed E-state index contributed by atoms with van der Waals surface area (Å²) in [5.41, 5.74) is -0.167. The van der Waals surface area contributed by atoms with Crippen molar-refractivity contribution in [3.8, 4) is 11.5 Å². The molecule has 0 saturated carbocycles. The molecule has 0 heterocycles. The minimum atomic E-state index is -0.560. The Bertz CT molecular complexity index is 675. The summed E-state index contributed by atoms with van der Waals surface area (Å²) in [6, 6.07) is 13.2. The Morgan fingerprint density at radius 3 is 2.55 bits per heavy atom. The average molecular weight is 319 g/mol. The number of nitro groups is 1. The summed E-state index contributed by atoms with van der Waals surface area (Å²) < 4.78 is 10.2. The maximum atomic E-state index is 11.9. The lowest BCUT2D eigenvalue weighted by atomic mass is 10.3. The molecule has 0 aliphatic heterocycles. The number of benzene rings is 2. The molecular weight excluding hydrogens is 306 g/mol. The molecule has 0 aliphatic rings. The molecule has 6 nitrogen and oxygen atoms in total. The van der Waals surface area contributed by atoms with Crippen LogP contribution in [0.1, 0.15) is 0 Å². The molecule has 2 rings (SSSR count). The number of nitrogens with zero attached hydrogens (tertiary/aromatic N) is 1. The van der Waals surface area contributed by atoms with Crippen LogP contribution in [-0.2, 0) is 4.79 Å². The molecule has 22 heavy (non-hydrogen) atoms. The van der Waals surface area contributed by atoms with Crippen LogP contribution < -0.4 is 9.47 Å². The summed E-state index contributed by atoms with van der Waals surface area (Å²) >= 11 is 1.32. The van der Waals surface area contributed by atoms with Crippen LogP contribution >= 0.6 is 11.8 Å². The Morgan fingerprint density at radius 2 is 1.91 bits per heavy atom. The minimum Gasteiger partial charge on any atom is -0.493 e. The number of hydrogen-bond donors (Lipinski definition) is 0. The quantitative estimate of drug-likeness (QED) is 0.267. The fourth-order valence-electron chi connectivity index (χ4n) is 1.67. The number of rotatable bonds is 6. The summed E-state index contributed by atoms with van der Waals surface area (Å²) in [6.07, 6.45) is 0. The number of carbonyl (C=O) groups is 1. The number of ether oxygens (including phenoxy) is 2. The summed E-state index contributed by atoms with van der Waals surface area (Å²) in [6.45, 7) is 0. The molecule has 0 fully saturated rings. The van der Waals surface area contributed by atoms with E-state index in [1.807, 2.05) is 30.3 Å². The predicted molar refractivity (Wildman–Crippen MR) is 82.4 cm³/mol. The van der Waals surface area contributed by atoms with Gasteiger partial charge in [0.25, 0.3) is 5.69 Å². The van der Waals surface area contributed by atoms with E-state index in [0.717, 1.165) is 4.90 Å². The highest BCUT2D eigenvalue weighted by atomic mass is 32.2. The van der Waals surface area contributed by atoms with Crippen molar-refractivity contribution in [1.29, 1.82) is 0 Å². The number of methoxy groups -OCH3 is 1. The number of non-ortho nitro benzene ring substituents is 1. The fraction of sp³-hybridized carbons (Fsp3) is 0.133. The predicted octanol–water partition coefficient (Wildman–Crippen LogP) is 3.30. The van der Waals surface area contributed by atoms with Gasteiger partial charge in [-0.05, 0) is 18.2 Å². The van der Waals surface area contributed by atoms with Gasteiger partial charge >= 0.3 is 5.97 Å². The number of thioether (sulfide) groups is 1. The normalized spacial score (nSPS) is 10.0. The van der Waals surface area contributed by atoms with E-state index in [9.17, 15) is 14.9 Å². The lowest BCUT2D eigenvalue weighted by molar-refractivity contribution is -0.384. The van der Waals surface area contributed by atoms with Gasteiger partial charge in [-0.15, -0.1) is 11.8 Å². The standard InChI is InChI=1S/C15H13NO5S/c1-20-13-8-7-11(16(18)19)9-14(13)21-15(17)10-22-12-5-3-2-4-6-12/h2-9H,10H2,1H3. The molecule has 0 spiro atoms. The lowest BCUT2D eigenvalue weighted by Crippen LogP contribution is -2.11. The van der Waals surface area contributed by atoms with Crippen LogP contribution in [-0.4, -0.2) is 23.8 Å². The van der Waals surface area contributed by atoms with Crippen molar-refractivity contribution in [1.82, 2.24) is 0 Å². The third-order valence-electron chi connectivity index (χ3n) is 2.68. The molecular formula is C15H13NO5S. The first-order valence-corrected chi connectivity index (χ1v) is 7.29. The second-order valence-corrected chi connectivity index (χ2v) is 5.22. The third-order valence-corrected chi connectivity index (χ3v) is 3.67. The van der Waals surface area contributed by atoms with Crippen LogP contribution in [0.5, 0.6) is 11.5 Å². The van der Waals surface area contributed by atoms with Gasteiger partial charge in [-0.25, -0.2) is 0 Å². The van der Waals surface area contributed by atoms with Gasteiger partial charge in [0.05, 0.1) is 23.9 Å². The maximum absolute atomic E-state index is 11.9. The van der Waals surface area contributed by atoms with Crippen molar-refractivity contribution in [2.45, 2.75) is 4.90 Å². The molecule has 0 radical (unpaired) electrons. The van der Waals surface area contributed by atoms with Crippen molar-refractivity contribution in [3.05, 3.63) is 58.6 Å². The van der Waals surface area contributed by atoms with Gasteiger partial charge in [-0.2, -0.15) is 0 Å². The van der Waals surface area contributed by atoms with Gasteiger partial charge in [0.1, 0.15) is 0 Å². The highest BCUT2D eigenvalue weighted by molar-refractivity contribution is 8.00. The summed E-state index contributed by atoms with van der Waals surface area (Å²) in [5.74, 6) is -0.109. The molecule has 7 heteroatoms. The fourth-order valence-corrected chi connectivity index (χ4v) is 2.36. The van der Waals surface area contributed by atoms with E-state index in [2.05, 4.69) is 0 Å². The van der Waals surface area contributed by atoms with E-state index in [-0.39, 0.29) is 22.9 Å². The van der Waals surface area contributed by atoms with Crippen LogP contribution in [0, 0.1) is 10.1 Å². The highest BCUT2D eigenvalue weighted by Crippen LogP contribution is 2.31. The number of esters is 1. The molecule has 0 aliphatic carbocycles. The monoisotopic (exact) mass is 319 g/mol. The van der Waals surface area contributed by atoms with Crippen LogP contribution in [0.4, 0.5) is 5.69 Å². The minimum absolute atomic E-state index is 0.0374. The molecule has 114 valence electrons. The second-order valence-electron chi connectivity index (χ2n) is 4.17. The first-order valence-electron chi connectivity index (χ1n) is 6.31. The van der Waals surface area contributed by atoms with Gasteiger partial charge in [0.15, 0.2) is 11.5 Å². The summed E-state index contributed by atoms with van der Waals surface area (Å²) in [5, 5.41) is 10.8. The number of carbonyl (C=O) groups excluding carboxylic acids is 1. The first-order chi connectivity index (χ1) is 10.6. The van der Waals surface area contributed by atoms with Crippen molar-refractivity contribution in [2.75, 3.05) is 12.9 Å². The number of hydrogen-bond acceptors (Lipinski definition) is 6. The summed E-state index contributed by atoms with van der Waals surface area (Å²) in [7, 11) is 1.40. The molecule has 0 saturated heterocycles. The van der Waals surface area contributed by atoms with Gasteiger partial charge < -0.3 is 9.47 Å². The van der Waals surface area contributed by atoms with Gasteiger partial charge in [0, 0.05) is 11.0 Å². The average Bonchev–Trinajstić information content (AvgIpc) is 2.53. The van der Waals surface area contributed by atoms with E-state index in [4.69, 9.17) is 9.47 Å². The topological polar surface area (TPSA) is 78.7 Å². The van der Waals surface area contributed by atoms with E-state index < -0.39 is 10.9 Å². The molecule has 0 atom stereocenters. The van der Waals surface area contributed by atoms with Crippen molar-refractivity contribution in [3.63, 3.8) is 0 Å². The van der Waals surface area contributed by atoms with Gasteiger partial charge in [-0.3, -0.25) is 14.9 Å². The Hall–Kier alpha value is -2.54. The molecule has 0 amide bonds. The zero-order valence-corrected chi connectivity index (χ0v) is 12.5. The smallest absolute Gasteiger partial charge is 0.321 e. The molecule has 2 aromatic rings. The van der Waals surface area contributed by atoms with Crippen LogP contribution in [0.15, 0.2) is 53.4 Å². The molecule has 0 unspecified atom stereocenters. The van der Waals surface area contributed by atoms with Crippen molar-refractivity contribution >= 4 is 23.4 Å². The molecule has 0 N–H and O–H groups in total. The SMILES string of the molecule is COc1ccc([N+](=O)[O-])cc1OC(=O)CSc1ccccc1. The zero-order chi connectivity index (χ0) is 15.9. The Kier molecular flexibility index (Phi) is 5.37. The second kappa shape index (κ2) is 7.46. The Labute approximate surface area is 131 Å². The van der Waals surface area contributed by atoms with E-state index in [1.165, 1.54) is 37.1 Å². The van der Waals surface area contributed by atoms with E-state index in [0.29, 0.717) is 0 Å². The molecule has 0 bridgehead atoms. The lowest BCUT2D eigenvalue weighted by Gasteiger charge is -2.08. The van der Waals surface area contributed by atoms with E-state index in [1.54, 1.807) is 0 Å². The van der Waals surface area contributed by atoms with Crippen LogP contribution in [0.25, 0.3) is 0 Å². The molecule has 2 aromatic carbocycles. The third kappa shape index (κ3) is 4.23. The molecule has 0 aromatic heterocycles. The van der Waals surface area contributed by atoms with E-state index >= 15 is 0 Å². The van der Waals surface area contributed by atoms with Crippen molar-refractivity contribution < 1.29 is 19.2 Å². The van der Waals surface area contributed by atoms with Crippen LogP contribution in [0.2, 0.25) is 0 Å².